The Kier molecular flexibility index (Phi) is 4.41. The molecule has 1 aromatic rings. The average molecular weight is 258 g/mol. The van der Waals surface area contributed by atoms with Gasteiger partial charge in [-0.1, -0.05) is 17.7 Å². The van der Waals surface area contributed by atoms with Crippen molar-refractivity contribution in [3.05, 3.63) is 38.9 Å². The lowest BCUT2D eigenvalue weighted by atomic mass is 10.2. The molecule has 0 atom stereocenters. The quantitative estimate of drug-likeness (QED) is 0.509. The van der Waals surface area contributed by atoms with Crippen LogP contribution in [0.3, 0.4) is 0 Å². The maximum absolute atomic E-state index is 10.7. The van der Waals surface area contributed by atoms with Crippen molar-refractivity contribution in [1.82, 2.24) is 5.43 Å². The third kappa shape index (κ3) is 3.72. The normalized spacial score (nSPS) is 10.2. The number of benzene rings is 1. The van der Waals surface area contributed by atoms with Crippen molar-refractivity contribution < 1.29 is 14.5 Å². The largest absolute Gasteiger partial charge is 0.452 e. The highest BCUT2D eigenvalue weighted by Gasteiger charge is 2.11. The number of hydrogen-bond acceptors (Lipinski definition) is 5. The van der Waals surface area contributed by atoms with E-state index >= 15 is 0 Å². The molecule has 0 bridgehead atoms. The van der Waals surface area contributed by atoms with Crippen LogP contribution >= 0.6 is 11.6 Å². The van der Waals surface area contributed by atoms with Gasteiger partial charge in [0.15, 0.2) is 0 Å². The van der Waals surface area contributed by atoms with Crippen LogP contribution in [0.15, 0.2) is 23.3 Å². The Hall–Kier alpha value is -2.15. The minimum absolute atomic E-state index is 0.0353. The van der Waals surface area contributed by atoms with Crippen LogP contribution in [0.25, 0.3) is 0 Å². The van der Waals surface area contributed by atoms with Crippen LogP contribution in [0, 0.1) is 10.1 Å². The molecule has 0 fully saturated rings. The molecule has 8 heteroatoms. The molecule has 17 heavy (non-hydrogen) atoms. The van der Waals surface area contributed by atoms with Crippen molar-refractivity contribution in [2.45, 2.75) is 0 Å². The summed E-state index contributed by atoms with van der Waals surface area (Å²) in [5.41, 5.74) is 2.25. The van der Waals surface area contributed by atoms with E-state index in [1.807, 2.05) is 5.43 Å². The first-order valence-corrected chi connectivity index (χ1v) is 4.73. The topological polar surface area (TPSA) is 93.8 Å². The summed E-state index contributed by atoms with van der Waals surface area (Å²) in [5.74, 6) is 0. The zero-order chi connectivity index (χ0) is 12.8. The number of hydrogen-bond donors (Lipinski definition) is 1. The molecule has 0 unspecified atom stereocenters. The number of nitrogens with zero attached hydrogens (tertiary/aromatic N) is 2. The third-order valence-electron chi connectivity index (χ3n) is 1.72. The second-order valence-corrected chi connectivity index (χ2v) is 3.24. The molecule has 0 spiro atoms. The lowest BCUT2D eigenvalue weighted by Crippen LogP contribution is -2.16. The monoisotopic (exact) mass is 257 g/mol. The zero-order valence-electron chi connectivity index (χ0n) is 8.71. The van der Waals surface area contributed by atoms with Crippen LogP contribution in [-0.4, -0.2) is 24.3 Å². The van der Waals surface area contributed by atoms with Crippen LogP contribution in [0.1, 0.15) is 5.56 Å². The van der Waals surface area contributed by atoms with Gasteiger partial charge < -0.3 is 4.74 Å². The number of halogens is 1. The van der Waals surface area contributed by atoms with Crippen molar-refractivity contribution in [2.75, 3.05) is 7.11 Å². The second-order valence-electron chi connectivity index (χ2n) is 2.83. The SMILES string of the molecule is COC(=O)N/N=C\c1ccc(Cl)c([N+](=O)[O-])c1. The number of nitro benzene ring substituents is 1. The molecule has 0 aliphatic carbocycles. The van der Waals surface area contributed by atoms with Gasteiger partial charge in [-0.3, -0.25) is 10.1 Å². The molecule has 1 rings (SSSR count). The van der Waals surface area contributed by atoms with E-state index < -0.39 is 11.0 Å². The number of hydrazone groups is 1. The Balaban J connectivity index is 2.82. The number of carbonyl (C=O) groups is 1. The van der Waals surface area contributed by atoms with E-state index in [-0.39, 0.29) is 10.7 Å². The maximum atomic E-state index is 10.7. The first-order chi connectivity index (χ1) is 8.04. The predicted octanol–water partition coefficient (Wildman–Crippen LogP) is 1.94. The van der Waals surface area contributed by atoms with E-state index in [2.05, 4.69) is 9.84 Å². The van der Waals surface area contributed by atoms with Crippen LogP contribution in [0.2, 0.25) is 5.02 Å². The van der Waals surface area contributed by atoms with E-state index in [0.29, 0.717) is 5.56 Å². The molecule has 90 valence electrons. The zero-order valence-corrected chi connectivity index (χ0v) is 9.47. The molecule has 0 aromatic heterocycles. The Morgan fingerprint density at radius 2 is 2.35 bits per heavy atom. The standard InChI is InChI=1S/C9H8ClN3O4/c1-17-9(14)12-11-5-6-2-3-7(10)8(4-6)13(15)16/h2-5H,1H3,(H,12,14)/b11-5-. The summed E-state index contributed by atoms with van der Waals surface area (Å²) < 4.78 is 4.28. The van der Waals surface area contributed by atoms with Crippen molar-refractivity contribution in [3.63, 3.8) is 0 Å². The molecule has 0 heterocycles. The van der Waals surface area contributed by atoms with E-state index in [1.54, 1.807) is 0 Å². The average Bonchev–Trinajstić information content (AvgIpc) is 2.30. The van der Waals surface area contributed by atoms with Gasteiger partial charge in [0.25, 0.3) is 5.69 Å². The fourth-order valence-electron chi connectivity index (χ4n) is 0.955. The Morgan fingerprint density at radius 3 is 2.94 bits per heavy atom. The minimum atomic E-state index is -0.732. The lowest BCUT2D eigenvalue weighted by molar-refractivity contribution is -0.384. The van der Waals surface area contributed by atoms with E-state index in [4.69, 9.17) is 11.6 Å². The van der Waals surface area contributed by atoms with Gasteiger partial charge in [0.05, 0.1) is 18.2 Å². The summed E-state index contributed by atoms with van der Waals surface area (Å²) in [6, 6.07) is 4.14. The van der Waals surface area contributed by atoms with E-state index in [1.165, 1.54) is 31.5 Å². The van der Waals surface area contributed by atoms with Crippen molar-refractivity contribution in [3.8, 4) is 0 Å². The van der Waals surface area contributed by atoms with Crippen molar-refractivity contribution >= 4 is 29.6 Å². The molecule has 0 radical (unpaired) electrons. The highest BCUT2D eigenvalue weighted by Crippen LogP contribution is 2.24. The number of rotatable bonds is 3. The summed E-state index contributed by atoms with van der Waals surface area (Å²) in [5, 5.41) is 14.2. The highest BCUT2D eigenvalue weighted by molar-refractivity contribution is 6.32. The summed E-state index contributed by atoms with van der Waals surface area (Å²) in [6.07, 6.45) is 0.505. The Labute approximate surface area is 101 Å². The molecule has 0 saturated heterocycles. The first kappa shape index (κ1) is 12.9. The second kappa shape index (κ2) is 5.80. The molecule has 0 aliphatic rings. The van der Waals surface area contributed by atoms with Gasteiger partial charge in [0.2, 0.25) is 0 Å². The summed E-state index contributed by atoms with van der Waals surface area (Å²) in [6.45, 7) is 0. The number of amides is 1. The van der Waals surface area contributed by atoms with Crippen molar-refractivity contribution in [2.24, 2.45) is 5.10 Å². The number of nitro groups is 1. The number of carbonyl (C=O) groups excluding carboxylic acids is 1. The molecule has 1 N–H and O–H groups in total. The fourth-order valence-corrected chi connectivity index (χ4v) is 1.14. The summed E-state index contributed by atoms with van der Waals surface area (Å²) in [4.78, 5) is 20.6. The minimum Gasteiger partial charge on any atom is -0.452 e. The van der Waals surface area contributed by atoms with E-state index in [0.717, 1.165) is 0 Å². The molecular formula is C9H8ClN3O4. The third-order valence-corrected chi connectivity index (χ3v) is 2.04. The van der Waals surface area contributed by atoms with Crippen molar-refractivity contribution in [1.29, 1.82) is 0 Å². The number of nitrogens with one attached hydrogen (secondary N) is 1. The maximum Gasteiger partial charge on any atom is 0.427 e. The number of methoxy groups -OCH3 is 1. The van der Waals surface area contributed by atoms with Crippen LogP contribution in [-0.2, 0) is 4.74 Å². The Morgan fingerprint density at radius 1 is 1.65 bits per heavy atom. The van der Waals surface area contributed by atoms with Crippen LogP contribution in [0.4, 0.5) is 10.5 Å². The van der Waals surface area contributed by atoms with Crippen LogP contribution in [0.5, 0.6) is 0 Å². The van der Waals surface area contributed by atoms with Gasteiger partial charge in [-0.05, 0) is 6.07 Å². The smallest absolute Gasteiger partial charge is 0.427 e. The van der Waals surface area contributed by atoms with Gasteiger partial charge in [-0.2, -0.15) is 5.10 Å². The molecule has 0 aliphatic heterocycles. The molecule has 0 saturated carbocycles. The summed E-state index contributed by atoms with van der Waals surface area (Å²) in [7, 11) is 1.19. The molecule has 1 aromatic carbocycles. The molecule has 1 amide bonds. The number of ether oxygens (including phenoxy) is 1. The van der Waals surface area contributed by atoms with Crippen LogP contribution < -0.4 is 5.43 Å². The summed E-state index contributed by atoms with van der Waals surface area (Å²) >= 11 is 5.62. The van der Waals surface area contributed by atoms with Gasteiger partial charge >= 0.3 is 6.09 Å². The molecular weight excluding hydrogens is 250 g/mol. The molecule has 7 nitrogen and oxygen atoms in total. The fraction of sp³-hybridized carbons (Fsp3) is 0.111. The lowest BCUT2D eigenvalue weighted by Gasteiger charge is -1.97. The first-order valence-electron chi connectivity index (χ1n) is 4.35. The highest BCUT2D eigenvalue weighted by atomic mass is 35.5. The predicted molar refractivity (Wildman–Crippen MR) is 61.2 cm³/mol. The van der Waals surface area contributed by atoms with E-state index in [9.17, 15) is 14.9 Å². The van der Waals surface area contributed by atoms with Gasteiger partial charge in [-0.15, -0.1) is 0 Å². The van der Waals surface area contributed by atoms with Gasteiger partial charge in [0, 0.05) is 11.6 Å². The Bertz CT molecular complexity index is 475. The van der Waals surface area contributed by atoms with Gasteiger partial charge in [0.1, 0.15) is 5.02 Å². The van der Waals surface area contributed by atoms with Gasteiger partial charge in [-0.25, -0.2) is 10.2 Å².